The monoisotopic (exact) mass is 376 g/mol. The topological polar surface area (TPSA) is 57.7 Å². The van der Waals surface area contributed by atoms with Crippen LogP contribution in [0.4, 0.5) is 4.39 Å². The van der Waals surface area contributed by atoms with E-state index in [-0.39, 0.29) is 23.9 Å². The normalized spacial score (nSPS) is 15.9. The third-order valence-electron chi connectivity index (χ3n) is 4.55. The maximum atomic E-state index is 13.3. The summed E-state index contributed by atoms with van der Waals surface area (Å²) in [6.45, 7) is 4.59. The van der Waals surface area contributed by atoms with Gasteiger partial charge in [0.25, 0.3) is 5.91 Å². The number of carbonyl (C=O) groups is 1. The van der Waals surface area contributed by atoms with Crippen LogP contribution in [0.1, 0.15) is 21.5 Å². The second-order valence-electron chi connectivity index (χ2n) is 6.48. The van der Waals surface area contributed by atoms with Crippen molar-refractivity contribution in [3.8, 4) is 0 Å². The van der Waals surface area contributed by atoms with E-state index in [4.69, 9.17) is 0 Å². The van der Waals surface area contributed by atoms with Gasteiger partial charge in [0.05, 0.1) is 4.90 Å². The summed E-state index contributed by atoms with van der Waals surface area (Å²) in [5.74, 6) is -0.557. The van der Waals surface area contributed by atoms with Gasteiger partial charge < -0.3 is 4.90 Å². The standard InChI is InChI=1S/C19H21FN2O3S/c1-14-4-3-5-16(12-14)19(23)21-8-10-22(11-9-21)26(24,25)18-7-6-17(20)13-15(18)2/h3-7,12-13H,8-11H2,1-2H3. The first-order valence-electron chi connectivity index (χ1n) is 8.41. The highest BCUT2D eigenvalue weighted by Crippen LogP contribution is 2.22. The lowest BCUT2D eigenvalue weighted by Gasteiger charge is -2.34. The summed E-state index contributed by atoms with van der Waals surface area (Å²) in [5, 5.41) is 0. The maximum absolute atomic E-state index is 13.3. The zero-order valence-corrected chi connectivity index (χ0v) is 15.6. The first-order valence-corrected chi connectivity index (χ1v) is 9.85. The van der Waals surface area contributed by atoms with Crippen LogP contribution in [-0.2, 0) is 10.0 Å². The molecule has 138 valence electrons. The van der Waals surface area contributed by atoms with Crippen molar-refractivity contribution in [3.05, 3.63) is 65.0 Å². The summed E-state index contributed by atoms with van der Waals surface area (Å²) < 4.78 is 40.2. The fourth-order valence-electron chi connectivity index (χ4n) is 3.13. The Morgan fingerprint density at radius 2 is 1.69 bits per heavy atom. The lowest BCUT2D eigenvalue weighted by Crippen LogP contribution is -2.50. The van der Waals surface area contributed by atoms with Gasteiger partial charge >= 0.3 is 0 Å². The van der Waals surface area contributed by atoms with E-state index in [1.54, 1.807) is 17.9 Å². The number of amides is 1. The quantitative estimate of drug-likeness (QED) is 0.827. The van der Waals surface area contributed by atoms with E-state index in [2.05, 4.69) is 0 Å². The third-order valence-corrected chi connectivity index (χ3v) is 6.60. The highest BCUT2D eigenvalue weighted by atomic mass is 32.2. The second kappa shape index (κ2) is 7.17. The minimum absolute atomic E-state index is 0.0938. The molecule has 0 aromatic heterocycles. The second-order valence-corrected chi connectivity index (χ2v) is 8.38. The van der Waals surface area contributed by atoms with Crippen molar-refractivity contribution in [2.24, 2.45) is 0 Å². The van der Waals surface area contributed by atoms with Crippen LogP contribution in [-0.4, -0.2) is 49.7 Å². The molecule has 0 aliphatic carbocycles. The van der Waals surface area contributed by atoms with Crippen LogP contribution in [0.5, 0.6) is 0 Å². The van der Waals surface area contributed by atoms with E-state index < -0.39 is 15.8 Å². The molecule has 1 saturated heterocycles. The summed E-state index contributed by atoms with van der Waals surface area (Å²) in [7, 11) is -3.70. The molecule has 0 spiro atoms. The van der Waals surface area contributed by atoms with E-state index >= 15 is 0 Å². The van der Waals surface area contributed by atoms with E-state index in [0.29, 0.717) is 24.2 Å². The molecular formula is C19H21FN2O3S. The average Bonchev–Trinajstić information content (AvgIpc) is 2.61. The number of halogens is 1. The number of hydrogen-bond acceptors (Lipinski definition) is 3. The molecule has 5 nitrogen and oxygen atoms in total. The third kappa shape index (κ3) is 3.64. The van der Waals surface area contributed by atoms with Gasteiger partial charge in [-0.25, -0.2) is 12.8 Å². The number of aryl methyl sites for hydroxylation is 2. The number of sulfonamides is 1. The van der Waals surface area contributed by atoms with Crippen molar-refractivity contribution >= 4 is 15.9 Å². The van der Waals surface area contributed by atoms with Crippen LogP contribution in [0, 0.1) is 19.7 Å². The number of nitrogens with zero attached hydrogens (tertiary/aromatic N) is 2. The van der Waals surface area contributed by atoms with Crippen molar-refractivity contribution < 1.29 is 17.6 Å². The van der Waals surface area contributed by atoms with Crippen LogP contribution in [0.25, 0.3) is 0 Å². The number of hydrogen-bond donors (Lipinski definition) is 0. The molecule has 2 aromatic rings. The van der Waals surface area contributed by atoms with Crippen molar-refractivity contribution in [1.82, 2.24) is 9.21 Å². The molecule has 0 radical (unpaired) electrons. The van der Waals surface area contributed by atoms with Gasteiger partial charge in [0, 0.05) is 31.7 Å². The van der Waals surface area contributed by atoms with Crippen molar-refractivity contribution in [2.45, 2.75) is 18.7 Å². The largest absolute Gasteiger partial charge is 0.336 e. The van der Waals surface area contributed by atoms with Gasteiger partial charge in [0.2, 0.25) is 10.0 Å². The zero-order valence-electron chi connectivity index (χ0n) is 14.8. The van der Waals surface area contributed by atoms with Crippen LogP contribution < -0.4 is 0 Å². The molecule has 0 saturated carbocycles. The molecule has 3 rings (SSSR count). The number of benzene rings is 2. The molecule has 0 atom stereocenters. The van der Waals surface area contributed by atoms with Gasteiger partial charge in [0.15, 0.2) is 0 Å². The van der Waals surface area contributed by atoms with Crippen LogP contribution in [0.15, 0.2) is 47.4 Å². The van der Waals surface area contributed by atoms with Crippen LogP contribution in [0.2, 0.25) is 0 Å². The SMILES string of the molecule is Cc1cccc(C(=O)N2CCN(S(=O)(=O)c3ccc(F)cc3C)CC2)c1. The molecule has 1 aliphatic rings. The molecule has 1 aliphatic heterocycles. The van der Waals surface area contributed by atoms with Gasteiger partial charge in [-0.15, -0.1) is 0 Å². The van der Waals surface area contributed by atoms with Gasteiger partial charge in [0.1, 0.15) is 5.82 Å². The first-order chi connectivity index (χ1) is 12.3. The lowest BCUT2D eigenvalue weighted by atomic mass is 10.1. The Bertz CT molecular complexity index is 936. The van der Waals surface area contributed by atoms with Crippen molar-refractivity contribution in [3.63, 3.8) is 0 Å². The van der Waals surface area contributed by atoms with E-state index in [1.807, 2.05) is 25.1 Å². The first kappa shape index (κ1) is 18.5. The number of carbonyl (C=O) groups excluding carboxylic acids is 1. The Labute approximate surface area is 153 Å². The van der Waals surface area contributed by atoms with E-state index in [1.165, 1.54) is 16.4 Å². The Morgan fingerprint density at radius 1 is 1.00 bits per heavy atom. The summed E-state index contributed by atoms with van der Waals surface area (Å²) in [6.07, 6.45) is 0. The minimum Gasteiger partial charge on any atom is -0.336 e. The molecule has 0 unspecified atom stereocenters. The fraction of sp³-hybridized carbons (Fsp3) is 0.316. The van der Waals surface area contributed by atoms with Gasteiger partial charge in [-0.3, -0.25) is 4.79 Å². The highest BCUT2D eigenvalue weighted by Gasteiger charge is 2.31. The maximum Gasteiger partial charge on any atom is 0.253 e. The summed E-state index contributed by atoms with van der Waals surface area (Å²) in [4.78, 5) is 14.4. The molecule has 26 heavy (non-hydrogen) atoms. The smallest absolute Gasteiger partial charge is 0.253 e. The van der Waals surface area contributed by atoms with Gasteiger partial charge in [-0.05, 0) is 49.7 Å². The van der Waals surface area contributed by atoms with Crippen molar-refractivity contribution in [1.29, 1.82) is 0 Å². The minimum atomic E-state index is -3.70. The van der Waals surface area contributed by atoms with Crippen LogP contribution in [0.3, 0.4) is 0 Å². The Kier molecular flexibility index (Phi) is 5.11. The molecule has 1 amide bonds. The average molecular weight is 376 g/mol. The van der Waals surface area contributed by atoms with Gasteiger partial charge in [-0.1, -0.05) is 17.7 Å². The van der Waals surface area contributed by atoms with E-state index in [0.717, 1.165) is 11.6 Å². The fourth-order valence-corrected chi connectivity index (χ4v) is 4.76. The van der Waals surface area contributed by atoms with Crippen molar-refractivity contribution in [2.75, 3.05) is 26.2 Å². The Morgan fingerprint density at radius 3 is 2.31 bits per heavy atom. The number of rotatable bonds is 3. The van der Waals surface area contributed by atoms with E-state index in [9.17, 15) is 17.6 Å². The molecular weight excluding hydrogens is 355 g/mol. The summed E-state index contributed by atoms with van der Waals surface area (Å²) in [5.41, 5.74) is 1.99. The predicted octanol–water partition coefficient (Wildman–Crippen LogP) is 2.59. The number of piperazine rings is 1. The highest BCUT2D eigenvalue weighted by molar-refractivity contribution is 7.89. The molecule has 2 aromatic carbocycles. The zero-order chi connectivity index (χ0) is 18.9. The predicted molar refractivity (Wildman–Crippen MR) is 97.0 cm³/mol. The molecule has 1 fully saturated rings. The Balaban J connectivity index is 1.72. The molecule has 0 bridgehead atoms. The Hall–Kier alpha value is -2.25. The van der Waals surface area contributed by atoms with Crippen LogP contribution >= 0.6 is 0 Å². The van der Waals surface area contributed by atoms with Gasteiger partial charge in [-0.2, -0.15) is 4.31 Å². The summed E-state index contributed by atoms with van der Waals surface area (Å²) in [6, 6.07) is 11.0. The lowest BCUT2D eigenvalue weighted by molar-refractivity contribution is 0.0697. The summed E-state index contributed by atoms with van der Waals surface area (Å²) >= 11 is 0. The molecule has 0 N–H and O–H groups in total. The molecule has 7 heteroatoms. The molecule has 1 heterocycles.